The molecule has 2 aromatic heterocycles. The van der Waals surface area contributed by atoms with Crippen LogP contribution in [0.4, 0.5) is 5.69 Å². The molecule has 0 saturated heterocycles. The normalized spacial score (nSPS) is 11.5. The highest BCUT2D eigenvalue weighted by Crippen LogP contribution is 2.28. The van der Waals surface area contributed by atoms with Crippen molar-refractivity contribution in [1.29, 1.82) is 0 Å². The lowest BCUT2D eigenvalue weighted by Gasteiger charge is -2.11. The summed E-state index contributed by atoms with van der Waals surface area (Å²) < 4.78 is 33.3. The molecular formula is C14H12ClN5O4S. The molecule has 3 rings (SSSR count). The molecule has 1 aromatic carbocycles. The van der Waals surface area contributed by atoms with Gasteiger partial charge in [0.05, 0.1) is 23.4 Å². The van der Waals surface area contributed by atoms with Gasteiger partial charge in [0.15, 0.2) is 0 Å². The number of hydrogen-bond donors (Lipinski definition) is 1. The maximum absolute atomic E-state index is 12.6. The number of benzene rings is 1. The van der Waals surface area contributed by atoms with Crippen LogP contribution in [0.15, 0.2) is 35.6 Å². The van der Waals surface area contributed by atoms with E-state index in [1.54, 1.807) is 19.2 Å². The number of hydrogen-bond acceptors (Lipinski definition) is 7. The molecule has 0 fully saturated rings. The van der Waals surface area contributed by atoms with Crippen molar-refractivity contribution in [2.24, 2.45) is 0 Å². The van der Waals surface area contributed by atoms with E-state index in [2.05, 4.69) is 24.5 Å². The van der Waals surface area contributed by atoms with E-state index in [0.717, 1.165) is 0 Å². The fourth-order valence-electron chi connectivity index (χ4n) is 2.05. The maximum atomic E-state index is 12.6. The van der Waals surface area contributed by atoms with Crippen LogP contribution < -0.4 is 4.72 Å². The number of sulfonamides is 1. The van der Waals surface area contributed by atoms with Crippen molar-refractivity contribution >= 4 is 39.1 Å². The van der Waals surface area contributed by atoms with Gasteiger partial charge in [-0.25, -0.2) is 14.3 Å². The summed E-state index contributed by atoms with van der Waals surface area (Å²) in [5.74, 6) is -0.604. The molecule has 130 valence electrons. The van der Waals surface area contributed by atoms with Crippen LogP contribution in [0.5, 0.6) is 0 Å². The van der Waals surface area contributed by atoms with Crippen LogP contribution in [0.25, 0.3) is 5.78 Å². The minimum absolute atomic E-state index is 0.0312. The summed E-state index contributed by atoms with van der Waals surface area (Å²) in [6, 6.07) is 5.99. The number of para-hydroxylation sites is 1. The van der Waals surface area contributed by atoms with Gasteiger partial charge in [-0.15, -0.1) is 5.10 Å². The van der Waals surface area contributed by atoms with E-state index in [0.29, 0.717) is 5.69 Å². The Morgan fingerprint density at radius 2 is 2.04 bits per heavy atom. The highest BCUT2D eigenvalue weighted by molar-refractivity contribution is 7.92. The number of aromatic nitrogens is 4. The highest BCUT2D eigenvalue weighted by Gasteiger charge is 2.25. The predicted molar refractivity (Wildman–Crippen MR) is 89.1 cm³/mol. The molecule has 0 aliphatic carbocycles. The number of aryl methyl sites for hydroxylation is 1. The van der Waals surface area contributed by atoms with Crippen molar-refractivity contribution in [2.45, 2.75) is 12.1 Å². The fraction of sp³-hybridized carbons (Fsp3) is 0.143. The third-order valence-electron chi connectivity index (χ3n) is 3.22. The molecule has 2 heterocycles. The number of fused-ring (bicyclic) bond motifs is 1. The van der Waals surface area contributed by atoms with E-state index in [-0.39, 0.29) is 22.1 Å². The summed E-state index contributed by atoms with van der Waals surface area (Å²) >= 11 is 6.03. The Hall–Kier alpha value is -2.72. The van der Waals surface area contributed by atoms with E-state index in [9.17, 15) is 13.2 Å². The number of halogens is 1. The number of carbonyl (C=O) groups is 1. The second-order valence-corrected chi connectivity index (χ2v) is 6.95. The van der Waals surface area contributed by atoms with E-state index in [1.807, 2.05) is 0 Å². The van der Waals surface area contributed by atoms with Crippen LogP contribution >= 0.6 is 11.6 Å². The second-order valence-electron chi connectivity index (χ2n) is 4.97. The van der Waals surface area contributed by atoms with Crippen molar-refractivity contribution < 1.29 is 17.9 Å². The van der Waals surface area contributed by atoms with E-state index in [1.165, 1.54) is 29.8 Å². The molecular weight excluding hydrogens is 370 g/mol. The maximum Gasteiger partial charge on any atom is 0.340 e. The first-order valence-corrected chi connectivity index (χ1v) is 8.77. The Balaban J connectivity index is 2.05. The van der Waals surface area contributed by atoms with E-state index >= 15 is 0 Å². The molecule has 0 aliphatic rings. The zero-order valence-electron chi connectivity index (χ0n) is 13.1. The minimum atomic E-state index is -4.20. The molecule has 1 N–H and O–H groups in total. The molecule has 0 atom stereocenters. The lowest BCUT2D eigenvalue weighted by molar-refractivity contribution is 0.0602. The first kappa shape index (κ1) is 17.1. The molecule has 0 unspecified atom stereocenters. The van der Waals surface area contributed by atoms with Crippen molar-refractivity contribution in [3.05, 3.63) is 46.7 Å². The van der Waals surface area contributed by atoms with Gasteiger partial charge in [-0.3, -0.25) is 4.72 Å². The molecule has 0 radical (unpaired) electrons. The highest BCUT2D eigenvalue weighted by atomic mass is 35.5. The summed E-state index contributed by atoms with van der Waals surface area (Å²) in [5.41, 5.74) is 0.520. The van der Waals surface area contributed by atoms with Crippen molar-refractivity contribution in [3.63, 3.8) is 0 Å². The topological polar surface area (TPSA) is 116 Å². The van der Waals surface area contributed by atoms with Gasteiger partial charge in [-0.2, -0.15) is 13.4 Å². The number of nitrogens with one attached hydrogen (secondary N) is 1. The Kier molecular flexibility index (Phi) is 4.31. The second kappa shape index (κ2) is 6.30. The monoisotopic (exact) mass is 381 g/mol. The molecule has 0 aliphatic heterocycles. The molecule has 9 nitrogen and oxygen atoms in total. The Labute approximate surface area is 147 Å². The number of anilines is 1. The molecule has 0 amide bonds. The first-order chi connectivity index (χ1) is 11.8. The third-order valence-corrected chi connectivity index (χ3v) is 4.66. The number of rotatable bonds is 4. The molecule has 0 spiro atoms. The lowest BCUT2D eigenvalue weighted by Crippen LogP contribution is -2.18. The number of nitrogens with zero attached hydrogens (tertiary/aromatic N) is 4. The van der Waals surface area contributed by atoms with Crippen LogP contribution in [-0.2, 0) is 14.8 Å². The van der Waals surface area contributed by atoms with Gasteiger partial charge >= 0.3 is 5.97 Å². The number of esters is 1. The van der Waals surface area contributed by atoms with Crippen LogP contribution in [-0.4, -0.2) is 41.1 Å². The molecule has 3 aromatic rings. The molecule has 25 heavy (non-hydrogen) atoms. The number of methoxy groups -OCH3 is 1. The largest absolute Gasteiger partial charge is 0.465 e. The third kappa shape index (κ3) is 3.26. The summed E-state index contributed by atoms with van der Waals surface area (Å²) in [6.45, 7) is 1.74. The zero-order chi connectivity index (χ0) is 18.2. The molecule has 0 saturated carbocycles. The number of carbonyl (C=O) groups excluding carboxylic acids is 1. The number of ether oxygens (including phenoxy) is 1. The predicted octanol–water partition coefficient (Wildman–Crippen LogP) is 1.67. The van der Waals surface area contributed by atoms with Crippen molar-refractivity contribution in [1.82, 2.24) is 19.6 Å². The smallest absolute Gasteiger partial charge is 0.340 e. The first-order valence-electron chi connectivity index (χ1n) is 6.91. The van der Waals surface area contributed by atoms with Crippen LogP contribution in [0, 0.1) is 6.92 Å². The van der Waals surface area contributed by atoms with E-state index in [4.69, 9.17) is 11.6 Å². The Morgan fingerprint density at radius 3 is 2.76 bits per heavy atom. The SMILES string of the molecule is COC(=O)c1cccc(Cl)c1NS(=O)(=O)c1nc2nc(C)ccn2n1. The standard InChI is InChI=1S/C14H12ClN5O4S/c1-8-6-7-20-13(16-8)17-14(18-20)25(22,23)19-11-9(12(21)24-2)4-3-5-10(11)15/h3-7,19H,1-2H3. The quantitative estimate of drug-likeness (QED) is 0.683. The van der Waals surface area contributed by atoms with Crippen LogP contribution in [0.1, 0.15) is 16.1 Å². The fourth-order valence-corrected chi connectivity index (χ4v) is 3.30. The van der Waals surface area contributed by atoms with Gasteiger partial charge in [0.2, 0.25) is 0 Å². The summed E-state index contributed by atoms with van der Waals surface area (Å²) in [6.07, 6.45) is 1.54. The van der Waals surface area contributed by atoms with Crippen molar-refractivity contribution in [2.75, 3.05) is 11.8 Å². The summed E-state index contributed by atoms with van der Waals surface area (Å²) in [4.78, 5) is 19.8. The van der Waals surface area contributed by atoms with Crippen LogP contribution in [0.3, 0.4) is 0 Å². The summed E-state index contributed by atoms with van der Waals surface area (Å²) in [5, 5.41) is 3.41. The van der Waals surface area contributed by atoms with Gasteiger partial charge in [-0.1, -0.05) is 17.7 Å². The van der Waals surface area contributed by atoms with Gasteiger partial charge in [0.25, 0.3) is 21.0 Å². The van der Waals surface area contributed by atoms with Gasteiger partial charge in [0, 0.05) is 11.9 Å². The van der Waals surface area contributed by atoms with Gasteiger partial charge < -0.3 is 4.74 Å². The Morgan fingerprint density at radius 1 is 1.28 bits per heavy atom. The lowest BCUT2D eigenvalue weighted by atomic mass is 10.2. The van der Waals surface area contributed by atoms with Crippen molar-refractivity contribution in [3.8, 4) is 0 Å². The van der Waals surface area contributed by atoms with Gasteiger partial charge in [-0.05, 0) is 25.1 Å². The average molecular weight is 382 g/mol. The van der Waals surface area contributed by atoms with Crippen LogP contribution in [0.2, 0.25) is 5.02 Å². The summed E-state index contributed by atoms with van der Waals surface area (Å²) in [7, 11) is -3.02. The minimum Gasteiger partial charge on any atom is -0.465 e. The average Bonchev–Trinajstić information content (AvgIpc) is 3.00. The molecule has 0 bridgehead atoms. The Bertz CT molecular complexity index is 1080. The van der Waals surface area contributed by atoms with Gasteiger partial charge in [0.1, 0.15) is 0 Å². The zero-order valence-corrected chi connectivity index (χ0v) is 14.7. The van der Waals surface area contributed by atoms with E-state index < -0.39 is 21.1 Å². The molecule has 11 heteroatoms.